The number of benzene rings is 2. The van der Waals surface area contributed by atoms with E-state index in [1.165, 1.54) is 4.57 Å². The van der Waals surface area contributed by atoms with Gasteiger partial charge in [0.25, 0.3) is 0 Å². The molecule has 3 aromatic rings. The number of nitrogens with zero attached hydrogens (tertiary/aromatic N) is 2. The summed E-state index contributed by atoms with van der Waals surface area (Å²) >= 11 is 0. The molecule has 0 aliphatic carbocycles. The van der Waals surface area contributed by atoms with Crippen molar-refractivity contribution < 1.29 is 9.53 Å². The van der Waals surface area contributed by atoms with Gasteiger partial charge in [-0.3, -0.25) is 9.36 Å². The second kappa shape index (κ2) is 7.32. The van der Waals surface area contributed by atoms with Crippen molar-refractivity contribution in [1.82, 2.24) is 19.8 Å². The molecule has 0 radical (unpaired) electrons. The lowest BCUT2D eigenvalue weighted by Crippen LogP contribution is -2.51. The Labute approximate surface area is 174 Å². The molecule has 2 aliphatic heterocycles. The number of carbonyl (C=O) groups excluding carboxylic acids is 1. The van der Waals surface area contributed by atoms with Crippen LogP contribution in [0.3, 0.4) is 0 Å². The van der Waals surface area contributed by atoms with Gasteiger partial charge in [0.15, 0.2) is 0 Å². The van der Waals surface area contributed by atoms with E-state index in [0.29, 0.717) is 0 Å². The number of piperidine rings is 1. The molecule has 1 atom stereocenters. The minimum atomic E-state index is -0.273. The third kappa shape index (κ3) is 3.39. The van der Waals surface area contributed by atoms with Gasteiger partial charge in [-0.25, -0.2) is 4.79 Å². The van der Waals surface area contributed by atoms with E-state index in [4.69, 9.17) is 4.74 Å². The molecule has 5 rings (SSSR count). The average molecular weight is 406 g/mol. The Balaban J connectivity index is 1.39. The third-order valence-electron chi connectivity index (χ3n) is 6.41. The van der Waals surface area contributed by atoms with Crippen LogP contribution in [0.15, 0.2) is 53.3 Å². The van der Waals surface area contributed by atoms with E-state index in [1.807, 2.05) is 48.5 Å². The number of imidazole rings is 1. The summed E-state index contributed by atoms with van der Waals surface area (Å²) in [5, 5.41) is 3.18. The van der Waals surface area contributed by atoms with E-state index in [1.54, 1.807) is 0 Å². The second-order valence-corrected chi connectivity index (χ2v) is 8.48. The normalized spacial score (nSPS) is 20.6. The van der Waals surface area contributed by atoms with E-state index in [2.05, 4.69) is 22.2 Å². The van der Waals surface area contributed by atoms with Gasteiger partial charge in [-0.1, -0.05) is 30.3 Å². The number of ether oxygens (including phenoxy) is 1. The molecule has 7 heteroatoms. The minimum absolute atomic E-state index is 0.0158. The number of carbonyl (C=O) groups is 1. The fraction of sp³-hybridized carbons (Fsp3) is 0.391. The van der Waals surface area contributed by atoms with Gasteiger partial charge in [-0.2, -0.15) is 0 Å². The lowest BCUT2D eigenvalue weighted by molar-refractivity contribution is -0.123. The highest BCUT2D eigenvalue weighted by molar-refractivity contribution is 5.80. The van der Waals surface area contributed by atoms with E-state index < -0.39 is 0 Å². The molecule has 1 spiro atoms. The summed E-state index contributed by atoms with van der Waals surface area (Å²) in [5.41, 5.74) is 1.94. The molecule has 7 nitrogen and oxygen atoms in total. The molecular formula is C23H26N4O3. The molecule has 1 unspecified atom stereocenters. The van der Waals surface area contributed by atoms with Gasteiger partial charge in [0.05, 0.1) is 17.1 Å². The lowest BCUT2D eigenvalue weighted by atomic mass is 9.80. The van der Waals surface area contributed by atoms with Crippen molar-refractivity contribution in [3.05, 3.63) is 64.6 Å². The fourth-order valence-electron chi connectivity index (χ4n) is 4.73. The maximum absolute atomic E-state index is 13.0. The highest BCUT2D eigenvalue weighted by atomic mass is 16.5. The Morgan fingerprint density at radius 3 is 2.73 bits per heavy atom. The quantitative estimate of drug-likeness (QED) is 0.700. The van der Waals surface area contributed by atoms with Crippen molar-refractivity contribution >= 4 is 16.9 Å². The molecule has 1 fully saturated rings. The summed E-state index contributed by atoms with van der Waals surface area (Å²) in [5.74, 6) is 0.675. The van der Waals surface area contributed by atoms with Crippen LogP contribution in [0.2, 0.25) is 0 Å². The maximum Gasteiger partial charge on any atom is 0.326 e. The Bertz CT molecular complexity index is 1140. The Kier molecular flexibility index (Phi) is 4.62. The highest BCUT2D eigenvalue weighted by Gasteiger charge is 2.43. The zero-order chi connectivity index (χ0) is 20.7. The van der Waals surface area contributed by atoms with Crippen LogP contribution < -0.4 is 15.7 Å². The molecule has 2 aliphatic rings. The smallest absolute Gasteiger partial charge is 0.326 e. The summed E-state index contributed by atoms with van der Waals surface area (Å²) in [6, 6.07) is 15.2. The lowest BCUT2D eigenvalue weighted by Gasteiger charge is -2.46. The third-order valence-corrected chi connectivity index (χ3v) is 6.41. The highest BCUT2D eigenvalue weighted by Crippen LogP contribution is 2.44. The number of aromatic nitrogens is 2. The van der Waals surface area contributed by atoms with Crippen LogP contribution in [-0.2, 0) is 11.3 Å². The van der Waals surface area contributed by atoms with E-state index >= 15 is 0 Å². The van der Waals surface area contributed by atoms with Gasteiger partial charge in [0, 0.05) is 25.1 Å². The Morgan fingerprint density at radius 1 is 1.17 bits per heavy atom. The zero-order valence-corrected chi connectivity index (χ0v) is 17.1. The van der Waals surface area contributed by atoms with E-state index in [-0.39, 0.29) is 29.8 Å². The molecule has 1 aromatic heterocycles. The Morgan fingerprint density at radius 2 is 1.90 bits per heavy atom. The van der Waals surface area contributed by atoms with Gasteiger partial charge in [0.1, 0.15) is 17.9 Å². The average Bonchev–Trinajstić information content (AvgIpc) is 3.05. The van der Waals surface area contributed by atoms with Gasteiger partial charge in [-0.15, -0.1) is 0 Å². The molecule has 2 aromatic carbocycles. The first-order chi connectivity index (χ1) is 14.5. The van der Waals surface area contributed by atoms with Crippen molar-refractivity contribution in [3.8, 4) is 5.75 Å². The summed E-state index contributed by atoms with van der Waals surface area (Å²) in [4.78, 5) is 30.4. The molecule has 2 N–H and O–H groups in total. The van der Waals surface area contributed by atoms with Crippen molar-refractivity contribution in [1.29, 1.82) is 0 Å². The monoisotopic (exact) mass is 406 g/mol. The molecular weight excluding hydrogens is 380 g/mol. The fourth-order valence-corrected chi connectivity index (χ4v) is 4.73. The van der Waals surface area contributed by atoms with Crippen molar-refractivity contribution in [2.75, 3.05) is 20.1 Å². The molecule has 3 heterocycles. The first kappa shape index (κ1) is 18.9. The van der Waals surface area contributed by atoms with Gasteiger partial charge >= 0.3 is 5.69 Å². The number of aromatic amines is 1. The van der Waals surface area contributed by atoms with Crippen molar-refractivity contribution in [2.24, 2.45) is 0 Å². The SMILES string of the molecule is CN1CCC2(CC1)CC(NC(=O)Cn1c(=O)[nH]c3ccccc31)c1ccccc1O2. The van der Waals surface area contributed by atoms with E-state index in [0.717, 1.165) is 54.7 Å². The number of hydrogen-bond acceptors (Lipinski definition) is 4. The Hall–Kier alpha value is -3.06. The number of amides is 1. The van der Waals surface area contributed by atoms with Gasteiger partial charge in [-0.05, 0) is 38.1 Å². The van der Waals surface area contributed by atoms with Crippen molar-refractivity contribution in [2.45, 2.75) is 37.5 Å². The molecule has 1 saturated heterocycles. The number of nitrogens with one attached hydrogen (secondary N) is 2. The zero-order valence-electron chi connectivity index (χ0n) is 17.1. The summed E-state index contributed by atoms with van der Waals surface area (Å²) in [7, 11) is 2.13. The number of fused-ring (bicyclic) bond motifs is 2. The number of rotatable bonds is 3. The molecule has 0 saturated carbocycles. The number of likely N-dealkylation sites (tertiary alicyclic amines) is 1. The van der Waals surface area contributed by atoms with Crippen LogP contribution in [0.5, 0.6) is 5.75 Å². The maximum atomic E-state index is 13.0. The molecule has 0 bridgehead atoms. The second-order valence-electron chi connectivity index (χ2n) is 8.48. The van der Waals surface area contributed by atoms with Crippen LogP contribution in [0, 0.1) is 0 Å². The predicted molar refractivity (Wildman–Crippen MR) is 115 cm³/mol. The van der Waals surface area contributed by atoms with Crippen LogP contribution in [0.4, 0.5) is 0 Å². The van der Waals surface area contributed by atoms with Gasteiger partial charge < -0.3 is 19.9 Å². The molecule has 156 valence electrons. The van der Waals surface area contributed by atoms with Gasteiger partial charge in [0.2, 0.25) is 5.91 Å². The van der Waals surface area contributed by atoms with Crippen LogP contribution >= 0.6 is 0 Å². The summed E-state index contributed by atoms with van der Waals surface area (Å²) in [6.45, 7) is 1.94. The topological polar surface area (TPSA) is 79.4 Å². The molecule has 30 heavy (non-hydrogen) atoms. The summed E-state index contributed by atoms with van der Waals surface area (Å²) in [6.07, 6.45) is 2.62. The summed E-state index contributed by atoms with van der Waals surface area (Å²) < 4.78 is 7.95. The van der Waals surface area contributed by atoms with Crippen molar-refractivity contribution in [3.63, 3.8) is 0 Å². The largest absolute Gasteiger partial charge is 0.487 e. The molecule has 1 amide bonds. The number of hydrogen-bond donors (Lipinski definition) is 2. The first-order valence-electron chi connectivity index (χ1n) is 10.5. The van der Waals surface area contributed by atoms with Crippen LogP contribution in [-0.4, -0.2) is 46.1 Å². The number of para-hydroxylation sites is 3. The van der Waals surface area contributed by atoms with Crippen LogP contribution in [0.1, 0.15) is 30.9 Å². The minimum Gasteiger partial charge on any atom is -0.487 e. The van der Waals surface area contributed by atoms with Crippen LogP contribution in [0.25, 0.3) is 11.0 Å². The first-order valence-corrected chi connectivity index (χ1v) is 10.5. The van der Waals surface area contributed by atoms with E-state index in [9.17, 15) is 9.59 Å². The number of H-pyrrole nitrogens is 1. The standard InChI is InChI=1S/C23H26N4O3/c1-26-12-10-23(11-13-26)14-18(16-6-2-5-9-20(16)30-23)24-21(28)15-27-19-8-4-3-7-17(19)25-22(27)29/h2-9,18H,10-15H2,1H3,(H,24,28)(H,25,29). The predicted octanol–water partition coefficient (Wildman–Crippen LogP) is 2.43.